The van der Waals surface area contributed by atoms with E-state index in [0.29, 0.717) is 27.7 Å². The Morgan fingerprint density at radius 2 is 2.00 bits per heavy atom. The molecule has 35 heavy (non-hydrogen) atoms. The van der Waals surface area contributed by atoms with Crippen LogP contribution in [0.1, 0.15) is 35.2 Å². The summed E-state index contributed by atoms with van der Waals surface area (Å²) < 4.78 is 7.11. The predicted molar refractivity (Wildman–Crippen MR) is 135 cm³/mol. The average Bonchev–Trinajstić information content (AvgIpc) is 3.27. The first-order chi connectivity index (χ1) is 17.0. The fourth-order valence-electron chi connectivity index (χ4n) is 3.32. The Kier molecular flexibility index (Phi) is 7.33. The minimum atomic E-state index is -0.472. The number of nitrogens with one attached hydrogen (secondary N) is 1. The number of ether oxygens (including phenoxy) is 1. The maximum Gasteiger partial charge on any atom is 0.275 e. The lowest BCUT2D eigenvalue weighted by molar-refractivity contribution is -0.112. The number of benzene rings is 2. The highest BCUT2D eigenvalue weighted by Gasteiger charge is 2.11. The minimum Gasteiger partial charge on any atom is -0.487 e. The average molecular weight is 486 g/mol. The number of nitrogens with zero attached hydrogens (tertiary/aromatic N) is 4. The van der Waals surface area contributed by atoms with Crippen molar-refractivity contribution in [1.82, 2.24) is 14.6 Å². The molecule has 0 aliphatic rings. The van der Waals surface area contributed by atoms with Gasteiger partial charge in [-0.3, -0.25) is 9.59 Å². The van der Waals surface area contributed by atoms with Crippen molar-refractivity contribution in [2.24, 2.45) is 0 Å². The summed E-state index contributed by atoms with van der Waals surface area (Å²) in [5.74, 6) is 0.100. The molecule has 0 bridgehead atoms. The van der Waals surface area contributed by atoms with Gasteiger partial charge in [0, 0.05) is 18.2 Å². The van der Waals surface area contributed by atoms with Crippen molar-refractivity contribution >= 4 is 34.0 Å². The Labute approximate surface area is 206 Å². The lowest BCUT2D eigenvalue weighted by Crippen LogP contribution is -2.16. The van der Waals surface area contributed by atoms with Gasteiger partial charge in [0.2, 0.25) is 4.96 Å². The third-order valence-corrected chi connectivity index (χ3v) is 6.11. The molecule has 0 aliphatic heterocycles. The minimum absolute atomic E-state index is 0.00750. The largest absolute Gasteiger partial charge is 0.487 e. The molecule has 0 saturated carbocycles. The molecule has 0 aliphatic carbocycles. The number of carbonyl (C=O) groups excluding carboxylic acids is 1. The van der Waals surface area contributed by atoms with Gasteiger partial charge in [-0.2, -0.15) is 14.9 Å². The van der Waals surface area contributed by atoms with Crippen LogP contribution < -0.4 is 15.6 Å². The molecule has 9 heteroatoms. The highest BCUT2D eigenvalue weighted by Crippen LogP contribution is 2.19. The molecule has 0 fully saturated rings. The van der Waals surface area contributed by atoms with Crippen molar-refractivity contribution < 1.29 is 9.53 Å². The molecular formula is C26H23N5O3S. The van der Waals surface area contributed by atoms with E-state index in [1.807, 2.05) is 31.2 Å². The van der Waals surface area contributed by atoms with E-state index in [2.05, 4.69) is 22.3 Å². The summed E-state index contributed by atoms with van der Waals surface area (Å²) in [7, 11) is 0. The Morgan fingerprint density at radius 1 is 1.23 bits per heavy atom. The number of carbonyl (C=O) groups is 1. The number of rotatable bonds is 8. The number of hydrogen-bond donors (Lipinski definition) is 1. The summed E-state index contributed by atoms with van der Waals surface area (Å²) in [6, 6.07) is 17.7. The molecule has 176 valence electrons. The first kappa shape index (κ1) is 23.9. The van der Waals surface area contributed by atoms with Gasteiger partial charge in [-0.25, -0.2) is 4.98 Å². The van der Waals surface area contributed by atoms with Crippen molar-refractivity contribution in [2.75, 3.05) is 5.32 Å². The van der Waals surface area contributed by atoms with Gasteiger partial charge in [-0.05, 0) is 48.7 Å². The summed E-state index contributed by atoms with van der Waals surface area (Å²) in [5.41, 5.74) is 2.53. The van der Waals surface area contributed by atoms with E-state index in [4.69, 9.17) is 4.74 Å². The zero-order valence-electron chi connectivity index (χ0n) is 19.3. The van der Waals surface area contributed by atoms with Crippen LogP contribution in [0.2, 0.25) is 0 Å². The Hall–Kier alpha value is -4.29. The van der Waals surface area contributed by atoms with Crippen LogP contribution in [0.25, 0.3) is 11.0 Å². The molecule has 0 unspecified atom stereocenters. The lowest BCUT2D eigenvalue weighted by atomic mass is 10.1. The third kappa shape index (κ3) is 5.80. The summed E-state index contributed by atoms with van der Waals surface area (Å²) >= 11 is 1.40. The zero-order valence-corrected chi connectivity index (χ0v) is 20.1. The van der Waals surface area contributed by atoms with Crippen LogP contribution in [0.5, 0.6) is 5.75 Å². The van der Waals surface area contributed by atoms with Gasteiger partial charge in [0.15, 0.2) is 0 Å². The van der Waals surface area contributed by atoms with Crippen LogP contribution in [0.3, 0.4) is 0 Å². The van der Waals surface area contributed by atoms with Crippen LogP contribution >= 0.6 is 11.3 Å². The molecule has 2 aromatic carbocycles. The van der Waals surface area contributed by atoms with Crippen molar-refractivity contribution in [2.45, 2.75) is 33.3 Å². The zero-order chi connectivity index (χ0) is 24.8. The molecule has 0 saturated heterocycles. The van der Waals surface area contributed by atoms with Gasteiger partial charge in [0.1, 0.15) is 29.0 Å². The molecule has 2 aromatic heterocycles. The summed E-state index contributed by atoms with van der Waals surface area (Å²) in [6.07, 6.45) is 3.27. The summed E-state index contributed by atoms with van der Waals surface area (Å²) in [4.78, 5) is 29.9. The van der Waals surface area contributed by atoms with Gasteiger partial charge in [0.05, 0.1) is 5.69 Å². The van der Waals surface area contributed by atoms with E-state index in [-0.39, 0.29) is 17.7 Å². The highest BCUT2D eigenvalue weighted by atomic mass is 32.1. The number of para-hydroxylation sites is 1. The predicted octanol–water partition coefficient (Wildman–Crippen LogP) is 4.54. The molecule has 0 spiro atoms. The topological polar surface area (TPSA) is 109 Å². The molecule has 1 N–H and O–H groups in total. The smallest absolute Gasteiger partial charge is 0.275 e. The first-order valence-corrected chi connectivity index (χ1v) is 11.9. The first-order valence-electron chi connectivity index (χ1n) is 11.1. The maximum atomic E-state index is 12.5. The molecule has 4 rings (SSSR count). The SMILES string of the molecule is CCCc1nn2c(=O)cc(COc3ccc(/C=C(\C#N)C(=O)Nc4ccccc4C)cc3)nc2s1. The number of anilines is 1. The standard InChI is InChI=1S/C26H23N5O3S/c1-3-6-23-30-31-24(32)14-20(28-26(31)35-23)16-34-21-11-9-18(10-12-21)13-19(15-27)25(33)29-22-8-5-4-7-17(22)2/h4-5,7-14H,3,6,16H2,1-2H3,(H,29,33)/b19-13+. The quantitative estimate of drug-likeness (QED) is 0.290. The number of fused-ring (bicyclic) bond motifs is 1. The van der Waals surface area contributed by atoms with Gasteiger partial charge >= 0.3 is 0 Å². The van der Waals surface area contributed by atoms with E-state index in [0.717, 1.165) is 23.4 Å². The van der Waals surface area contributed by atoms with Crippen molar-refractivity contribution in [3.05, 3.63) is 92.4 Å². The monoisotopic (exact) mass is 485 g/mol. The Bertz CT molecular complexity index is 1500. The number of amides is 1. The van der Waals surface area contributed by atoms with Crippen molar-refractivity contribution in [3.8, 4) is 11.8 Å². The second-order valence-electron chi connectivity index (χ2n) is 7.82. The lowest BCUT2D eigenvalue weighted by Gasteiger charge is -2.08. The molecule has 0 radical (unpaired) electrons. The van der Waals surface area contributed by atoms with E-state index < -0.39 is 5.91 Å². The van der Waals surface area contributed by atoms with Crippen molar-refractivity contribution in [3.63, 3.8) is 0 Å². The molecule has 1 amide bonds. The maximum absolute atomic E-state index is 12.5. The molecular weight excluding hydrogens is 462 g/mol. The number of nitriles is 1. The van der Waals surface area contributed by atoms with Gasteiger partial charge in [-0.15, -0.1) is 0 Å². The molecule has 0 atom stereocenters. The van der Waals surface area contributed by atoms with E-state index in [1.54, 1.807) is 30.3 Å². The van der Waals surface area contributed by atoms with Crippen LogP contribution in [0.4, 0.5) is 5.69 Å². The molecule has 2 heterocycles. The van der Waals surface area contributed by atoms with E-state index in [1.165, 1.54) is 28.0 Å². The van der Waals surface area contributed by atoms with Gasteiger partial charge in [0.25, 0.3) is 11.5 Å². The number of hydrogen-bond acceptors (Lipinski definition) is 7. The normalized spacial score (nSPS) is 11.3. The third-order valence-electron chi connectivity index (χ3n) is 5.14. The highest BCUT2D eigenvalue weighted by molar-refractivity contribution is 7.16. The van der Waals surface area contributed by atoms with Gasteiger partial charge < -0.3 is 10.1 Å². The Balaban J connectivity index is 1.42. The number of aryl methyl sites for hydroxylation is 2. The van der Waals surface area contributed by atoms with Crippen LogP contribution in [-0.2, 0) is 17.8 Å². The molecule has 8 nitrogen and oxygen atoms in total. The van der Waals surface area contributed by atoms with E-state index in [9.17, 15) is 14.9 Å². The van der Waals surface area contributed by atoms with Crippen molar-refractivity contribution in [1.29, 1.82) is 5.26 Å². The summed E-state index contributed by atoms with van der Waals surface area (Å²) in [5, 5.41) is 17.4. The van der Waals surface area contributed by atoms with Gasteiger partial charge in [-0.1, -0.05) is 48.6 Å². The van der Waals surface area contributed by atoms with Crippen LogP contribution in [-0.4, -0.2) is 20.5 Å². The summed E-state index contributed by atoms with van der Waals surface area (Å²) in [6.45, 7) is 4.07. The Morgan fingerprint density at radius 3 is 2.71 bits per heavy atom. The second kappa shape index (κ2) is 10.8. The van der Waals surface area contributed by atoms with E-state index >= 15 is 0 Å². The fourth-order valence-corrected chi connectivity index (χ4v) is 4.34. The number of aromatic nitrogens is 3. The van der Waals surface area contributed by atoms with Crippen LogP contribution in [0.15, 0.2) is 65.0 Å². The molecule has 4 aromatic rings. The fraction of sp³-hybridized carbons (Fsp3) is 0.192. The van der Waals surface area contributed by atoms with Crippen LogP contribution in [0, 0.1) is 18.3 Å². The second-order valence-corrected chi connectivity index (χ2v) is 8.86.